The molecule has 0 aliphatic rings. The average Bonchev–Trinajstić information content (AvgIpc) is 2.73. The topological polar surface area (TPSA) is 94.1 Å². The van der Waals surface area contributed by atoms with Crippen molar-refractivity contribution < 1.29 is 103 Å². The normalized spacial score (nSPS) is 13.7. The number of esters is 2. The Labute approximate surface area is 220 Å². The second-order valence-corrected chi connectivity index (χ2v) is 7.77. The first-order valence-electron chi connectivity index (χ1n) is 9.69. The second-order valence-electron chi connectivity index (χ2n) is 6.87. The van der Waals surface area contributed by atoms with Gasteiger partial charge in [0.15, 0.2) is 6.61 Å². The molecule has 18 heteroatoms. The molecule has 0 bridgehead atoms. The summed E-state index contributed by atoms with van der Waals surface area (Å²) in [6.07, 6.45) is -3.09. The predicted molar refractivity (Wildman–Crippen MR) is 94.4 cm³/mol. The van der Waals surface area contributed by atoms with E-state index in [1.165, 1.54) is 0 Å². The van der Waals surface area contributed by atoms with E-state index in [-0.39, 0.29) is 48.2 Å². The molecule has 1 atom stereocenters. The molecule has 0 saturated heterocycles. The largest absolute Gasteiger partial charge is 1.00 e. The number of ether oxygens (including phenoxy) is 2. The van der Waals surface area contributed by atoms with E-state index in [2.05, 4.69) is 14.1 Å². The van der Waals surface area contributed by atoms with Gasteiger partial charge in [-0.15, -0.1) is 0 Å². The maximum Gasteiger partial charge on any atom is 1.00 e. The monoisotopic (exact) mass is 564 g/mol. The summed E-state index contributed by atoms with van der Waals surface area (Å²) in [4.78, 5) is 23.6. The number of rotatable bonds is 17. The van der Waals surface area contributed by atoms with E-state index in [0.717, 1.165) is 25.7 Å². The summed E-state index contributed by atoms with van der Waals surface area (Å²) < 4.78 is 128. The number of alkyl halides is 9. The summed E-state index contributed by atoms with van der Waals surface area (Å²) in [5.74, 6) is -23.5. The Kier molecular flexibility index (Phi) is 17.2. The van der Waals surface area contributed by atoms with E-state index in [9.17, 15) is 54.4 Å². The average molecular weight is 564 g/mol. The number of unbranched alkanes of at least 4 members (excludes halogenated alkanes) is 5. The number of carbonyl (C=O) groups excluding carboxylic acids is 2. The summed E-state index contributed by atoms with van der Waals surface area (Å²) in [6.45, 7) is -1.01. The van der Waals surface area contributed by atoms with Crippen LogP contribution in [0, 0.1) is 0 Å². The molecule has 0 aromatic rings. The van der Waals surface area contributed by atoms with Crippen LogP contribution in [-0.2, 0) is 28.4 Å². The van der Waals surface area contributed by atoms with Crippen LogP contribution >= 0.6 is 12.0 Å². The fraction of sp³-hybridized carbons (Fsp3) is 0.882. The van der Waals surface area contributed by atoms with Crippen LogP contribution in [0.2, 0.25) is 0 Å². The molecule has 0 rings (SSSR count). The summed E-state index contributed by atoms with van der Waals surface area (Å²) in [5.41, 5.74) is 0. The SMILES string of the molecule is CCCCCCCCOC(=O)CC(SOO[O-])C(=O)OCC(F)(F)C(F)(F)C(F)(F)C(F)(F)F.[Na+]. The van der Waals surface area contributed by atoms with Crippen molar-refractivity contribution >= 4 is 24.0 Å². The molecule has 0 radical (unpaired) electrons. The van der Waals surface area contributed by atoms with Crippen LogP contribution in [0.4, 0.5) is 39.5 Å². The Bertz CT molecular complexity index is 640. The molecule has 0 fully saturated rings. The van der Waals surface area contributed by atoms with Crippen LogP contribution in [0.25, 0.3) is 0 Å². The van der Waals surface area contributed by atoms with Gasteiger partial charge in [-0.25, -0.2) is 0 Å². The van der Waals surface area contributed by atoms with Gasteiger partial charge in [-0.3, -0.25) is 14.6 Å². The van der Waals surface area contributed by atoms with Gasteiger partial charge in [0.05, 0.1) is 13.0 Å². The van der Waals surface area contributed by atoms with Gasteiger partial charge in [-0.05, 0) is 6.42 Å². The zero-order valence-corrected chi connectivity index (χ0v) is 21.4. The molecule has 0 heterocycles. The molecule has 35 heavy (non-hydrogen) atoms. The van der Waals surface area contributed by atoms with Crippen LogP contribution < -0.4 is 34.8 Å². The number of hydrogen-bond donors (Lipinski definition) is 0. The summed E-state index contributed by atoms with van der Waals surface area (Å²) in [7, 11) is 0. The molecule has 0 spiro atoms. The van der Waals surface area contributed by atoms with Crippen molar-refractivity contribution in [3.05, 3.63) is 0 Å². The van der Waals surface area contributed by atoms with Gasteiger partial charge in [-0.2, -0.15) is 43.8 Å². The Morgan fingerprint density at radius 3 is 1.91 bits per heavy atom. The minimum Gasteiger partial charge on any atom is -0.691 e. The van der Waals surface area contributed by atoms with Crippen molar-refractivity contribution in [2.45, 2.75) is 81.1 Å². The van der Waals surface area contributed by atoms with Crippen LogP contribution in [-0.4, -0.2) is 54.3 Å². The molecule has 1 unspecified atom stereocenters. The van der Waals surface area contributed by atoms with Gasteiger partial charge in [0.25, 0.3) is 0 Å². The zero-order valence-electron chi connectivity index (χ0n) is 18.6. The minimum atomic E-state index is -7.16. The van der Waals surface area contributed by atoms with Crippen molar-refractivity contribution in [2.24, 2.45) is 0 Å². The molecule has 0 aromatic heterocycles. The van der Waals surface area contributed by atoms with Gasteiger partial charge >= 0.3 is 65.4 Å². The van der Waals surface area contributed by atoms with E-state index < -0.39 is 54.2 Å². The zero-order chi connectivity index (χ0) is 26.6. The molecule has 7 nitrogen and oxygen atoms in total. The molecule has 0 N–H and O–H groups in total. The molecule has 0 aromatic carbocycles. The van der Waals surface area contributed by atoms with E-state index in [0.29, 0.717) is 12.8 Å². The van der Waals surface area contributed by atoms with Crippen molar-refractivity contribution in [1.29, 1.82) is 0 Å². The Hall–Kier alpha value is -0.460. The van der Waals surface area contributed by atoms with E-state index >= 15 is 0 Å². The fourth-order valence-corrected chi connectivity index (χ4v) is 2.73. The third kappa shape index (κ3) is 11.6. The molecule has 0 amide bonds. The second kappa shape index (κ2) is 16.4. The Balaban J connectivity index is 0. The predicted octanol–water partition coefficient (Wildman–Crippen LogP) is 1.54. The first-order valence-corrected chi connectivity index (χ1v) is 10.5. The maximum atomic E-state index is 13.5. The standard InChI is InChI=1S/C17H23F9O7S.Na/c1-2-3-4-5-6-7-8-30-12(27)9-11(34-33-32-29)13(28)31-10-14(18,19)15(20,21)16(22,23)17(24,25)26;/h11,29H,2-10H2,1H3;/q;+1/p-1. The smallest absolute Gasteiger partial charge is 0.691 e. The van der Waals surface area contributed by atoms with Crippen molar-refractivity contribution in [3.8, 4) is 0 Å². The summed E-state index contributed by atoms with van der Waals surface area (Å²) >= 11 is -0.292. The summed E-state index contributed by atoms with van der Waals surface area (Å²) in [5, 5.41) is 10.7. The molecular weight excluding hydrogens is 542 g/mol. The number of carbonyl (C=O) groups is 2. The van der Waals surface area contributed by atoms with Gasteiger partial charge in [0.2, 0.25) is 0 Å². The maximum absolute atomic E-state index is 13.5. The van der Waals surface area contributed by atoms with Gasteiger partial charge in [0.1, 0.15) is 5.25 Å². The quantitative estimate of drug-likeness (QED) is 0.0500. The fourth-order valence-electron chi connectivity index (χ4n) is 2.25. The Morgan fingerprint density at radius 1 is 0.857 bits per heavy atom. The van der Waals surface area contributed by atoms with E-state index in [1.807, 2.05) is 6.92 Å². The van der Waals surface area contributed by atoms with E-state index in [1.54, 1.807) is 0 Å². The minimum absolute atomic E-state index is 0. The first-order chi connectivity index (χ1) is 15.5. The van der Waals surface area contributed by atoms with Crippen LogP contribution in [0.3, 0.4) is 0 Å². The first kappa shape index (κ1) is 36.7. The van der Waals surface area contributed by atoms with Crippen molar-refractivity contribution in [1.82, 2.24) is 0 Å². The molecule has 0 aliphatic heterocycles. The third-order valence-corrected chi connectivity index (χ3v) is 4.89. The van der Waals surface area contributed by atoms with Gasteiger partial charge in [-0.1, -0.05) is 39.0 Å². The number of halogens is 9. The van der Waals surface area contributed by atoms with Crippen LogP contribution in [0.15, 0.2) is 0 Å². The third-order valence-electron chi connectivity index (χ3n) is 4.16. The molecule has 0 saturated carbocycles. The summed E-state index contributed by atoms with van der Waals surface area (Å²) in [6, 6.07) is 0. The van der Waals surface area contributed by atoms with Crippen LogP contribution in [0.5, 0.6) is 0 Å². The van der Waals surface area contributed by atoms with E-state index in [4.69, 9.17) is 4.74 Å². The number of hydrogen-bond acceptors (Lipinski definition) is 8. The van der Waals surface area contributed by atoms with Crippen molar-refractivity contribution in [2.75, 3.05) is 13.2 Å². The van der Waals surface area contributed by atoms with Crippen molar-refractivity contribution in [3.63, 3.8) is 0 Å². The Morgan fingerprint density at radius 2 is 1.40 bits per heavy atom. The van der Waals surface area contributed by atoms with Gasteiger partial charge < -0.3 is 14.7 Å². The van der Waals surface area contributed by atoms with Crippen LogP contribution in [0.1, 0.15) is 51.9 Å². The molecular formula is C17H22F9NaO7S. The van der Waals surface area contributed by atoms with Gasteiger partial charge in [0, 0.05) is 12.0 Å². The molecule has 0 aliphatic carbocycles. The molecule has 202 valence electrons.